The Hall–Kier alpha value is -2.83. The van der Waals surface area contributed by atoms with Crippen LogP contribution in [0, 0.1) is 13.8 Å². The number of amides is 2. The van der Waals surface area contributed by atoms with Crippen LogP contribution in [0.25, 0.3) is 0 Å². The van der Waals surface area contributed by atoms with Crippen LogP contribution in [0.15, 0.2) is 28.8 Å². The standard InChI is InChI=1S/C20H25N3O4/c1-13-17(14(2)27-21-13)12-26-16-9-7-15(8-10-16)19(24)23-11-5-6-18(23)20(25)22(3)4/h7-10,18H,5-6,11-12H2,1-4H3. The Morgan fingerprint density at radius 2 is 1.96 bits per heavy atom. The van der Waals surface area contributed by atoms with E-state index in [-0.39, 0.29) is 17.9 Å². The number of hydrogen-bond acceptors (Lipinski definition) is 5. The number of carbonyl (C=O) groups is 2. The topological polar surface area (TPSA) is 75.9 Å². The summed E-state index contributed by atoms with van der Waals surface area (Å²) in [6.07, 6.45) is 1.55. The van der Waals surface area contributed by atoms with E-state index in [1.165, 1.54) is 0 Å². The first-order valence-electron chi connectivity index (χ1n) is 9.05. The molecule has 2 aromatic rings. The molecule has 0 bridgehead atoms. The lowest BCUT2D eigenvalue weighted by Crippen LogP contribution is -2.45. The fraction of sp³-hybridized carbons (Fsp3) is 0.450. The summed E-state index contributed by atoms with van der Waals surface area (Å²) in [6.45, 7) is 4.69. The number of hydrogen-bond donors (Lipinski definition) is 0. The lowest BCUT2D eigenvalue weighted by atomic mass is 10.1. The molecule has 7 heteroatoms. The number of nitrogens with zero attached hydrogens (tertiary/aromatic N) is 3. The minimum atomic E-state index is -0.372. The molecule has 1 saturated heterocycles. The number of likely N-dealkylation sites (tertiary alicyclic amines) is 1. The first-order valence-corrected chi connectivity index (χ1v) is 9.05. The first kappa shape index (κ1) is 18.9. The van der Waals surface area contributed by atoms with E-state index in [4.69, 9.17) is 9.26 Å². The summed E-state index contributed by atoms with van der Waals surface area (Å²) < 4.78 is 10.9. The molecule has 0 N–H and O–H groups in total. The van der Waals surface area contributed by atoms with Crippen LogP contribution in [0.5, 0.6) is 5.75 Å². The minimum Gasteiger partial charge on any atom is -0.489 e. The molecule has 1 aliphatic heterocycles. The molecule has 1 aliphatic rings. The highest BCUT2D eigenvalue weighted by molar-refractivity contribution is 5.98. The molecule has 0 saturated carbocycles. The quantitative estimate of drug-likeness (QED) is 0.807. The van der Waals surface area contributed by atoms with Crippen molar-refractivity contribution in [3.05, 3.63) is 46.8 Å². The molecular formula is C20H25N3O4. The van der Waals surface area contributed by atoms with Gasteiger partial charge < -0.3 is 19.1 Å². The fourth-order valence-corrected chi connectivity index (χ4v) is 3.29. The number of likely N-dealkylation sites (N-methyl/N-ethyl adjacent to an activating group) is 1. The van der Waals surface area contributed by atoms with Crippen molar-refractivity contribution in [2.24, 2.45) is 0 Å². The van der Waals surface area contributed by atoms with Gasteiger partial charge in [-0.05, 0) is 51.0 Å². The summed E-state index contributed by atoms with van der Waals surface area (Å²) in [7, 11) is 3.43. The Labute approximate surface area is 158 Å². The molecule has 1 unspecified atom stereocenters. The van der Waals surface area contributed by atoms with Crippen LogP contribution in [0.2, 0.25) is 0 Å². The average molecular weight is 371 g/mol. The Morgan fingerprint density at radius 3 is 2.56 bits per heavy atom. The van der Waals surface area contributed by atoms with Crippen LogP contribution in [0.1, 0.15) is 40.2 Å². The van der Waals surface area contributed by atoms with Crippen molar-refractivity contribution >= 4 is 11.8 Å². The van der Waals surface area contributed by atoms with Crippen molar-refractivity contribution in [3.8, 4) is 5.75 Å². The van der Waals surface area contributed by atoms with Gasteiger partial charge in [0.1, 0.15) is 24.2 Å². The van der Waals surface area contributed by atoms with Crippen LogP contribution in [-0.2, 0) is 11.4 Å². The first-order chi connectivity index (χ1) is 12.9. The molecule has 1 fully saturated rings. The van der Waals surface area contributed by atoms with E-state index in [0.717, 1.165) is 23.4 Å². The molecular weight excluding hydrogens is 346 g/mol. The Bertz CT molecular complexity index is 807. The second kappa shape index (κ2) is 7.82. The van der Waals surface area contributed by atoms with Crippen LogP contribution in [0.3, 0.4) is 0 Å². The Kier molecular flexibility index (Phi) is 5.48. The van der Waals surface area contributed by atoms with Crippen molar-refractivity contribution < 1.29 is 18.8 Å². The molecule has 1 atom stereocenters. The SMILES string of the molecule is Cc1noc(C)c1COc1ccc(C(=O)N2CCCC2C(=O)N(C)C)cc1. The molecule has 2 amide bonds. The monoisotopic (exact) mass is 371 g/mol. The van der Waals surface area contributed by atoms with Gasteiger partial charge in [-0.1, -0.05) is 5.16 Å². The second-order valence-electron chi connectivity index (χ2n) is 7.01. The van der Waals surface area contributed by atoms with Crippen molar-refractivity contribution in [2.75, 3.05) is 20.6 Å². The van der Waals surface area contributed by atoms with Crippen molar-refractivity contribution in [2.45, 2.75) is 39.3 Å². The Balaban J connectivity index is 1.66. The number of ether oxygens (including phenoxy) is 1. The molecule has 27 heavy (non-hydrogen) atoms. The lowest BCUT2D eigenvalue weighted by Gasteiger charge is -2.26. The zero-order valence-electron chi connectivity index (χ0n) is 16.2. The van der Waals surface area contributed by atoms with Gasteiger partial charge in [0.2, 0.25) is 5.91 Å². The predicted octanol–water partition coefficient (Wildman–Crippen LogP) is 2.56. The molecule has 144 valence electrons. The van der Waals surface area contributed by atoms with E-state index in [1.807, 2.05) is 13.8 Å². The van der Waals surface area contributed by atoms with E-state index >= 15 is 0 Å². The molecule has 1 aromatic carbocycles. The highest BCUT2D eigenvalue weighted by atomic mass is 16.5. The second-order valence-corrected chi connectivity index (χ2v) is 7.01. The van der Waals surface area contributed by atoms with Crippen molar-refractivity contribution in [3.63, 3.8) is 0 Å². The van der Waals surface area contributed by atoms with Gasteiger partial charge in [-0.2, -0.15) is 0 Å². The van der Waals surface area contributed by atoms with E-state index in [0.29, 0.717) is 30.9 Å². The molecule has 0 radical (unpaired) electrons. The predicted molar refractivity (Wildman–Crippen MR) is 99.5 cm³/mol. The lowest BCUT2D eigenvalue weighted by molar-refractivity contribution is -0.132. The third-order valence-corrected chi connectivity index (χ3v) is 4.91. The summed E-state index contributed by atoms with van der Waals surface area (Å²) >= 11 is 0. The summed E-state index contributed by atoms with van der Waals surface area (Å²) in [5.74, 6) is 1.25. The molecule has 2 heterocycles. The largest absolute Gasteiger partial charge is 0.489 e. The zero-order chi connectivity index (χ0) is 19.6. The van der Waals surface area contributed by atoms with Crippen LogP contribution >= 0.6 is 0 Å². The van der Waals surface area contributed by atoms with Gasteiger partial charge in [0.05, 0.1) is 11.3 Å². The van der Waals surface area contributed by atoms with Crippen LogP contribution in [0.4, 0.5) is 0 Å². The molecule has 3 rings (SSSR count). The Morgan fingerprint density at radius 1 is 1.26 bits per heavy atom. The minimum absolute atomic E-state index is 0.0275. The number of rotatable bonds is 5. The number of carbonyl (C=O) groups excluding carboxylic acids is 2. The summed E-state index contributed by atoms with van der Waals surface area (Å²) in [4.78, 5) is 28.3. The third kappa shape index (κ3) is 3.97. The maximum Gasteiger partial charge on any atom is 0.254 e. The van der Waals surface area contributed by atoms with Gasteiger partial charge in [-0.25, -0.2) is 0 Å². The molecule has 1 aromatic heterocycles. The summed E-state index contributed by atoms with van der Waals surface area (Å²) in [6, 6.07) is 6.64. The molecule has 7 nitrogen and oxygen atoms in total. The fourth-order valence-electron chi connectivity index (χ4n) is 3.29. The maximum atomic E-state index is 12.8. The van der Waals surface area contributed by atoms with Crippen LogP contribution in [-0.4, -0.2) is 53.5 Å². The number of aryl methyl sites for hydroxylation is 2. The smallest absolute Gasteiger partial charge is 0.254 e. The average Bonchev–Trinajstić information content (AvgIpc) is 3.26. The van der Waals surface area contributed by atoms with E-state index in [2.05, 4.69) is 5.16 Å². The highest BCUT2D eigenvalue weighted by Gasteiger charge is 2.35. The third-order valence-electron chi connectivity index (χ3n) is 4.91. The van der Waals surface area contributed by atoms with E-state index in [1.54, 1.807) is 48.2 Å². The van der Waals surface area contributed by atoms with Gasteiger partial charge in [0.25, 0.3) is 5.91 Å². The highest BCUT2D eigenvalue weighted by Crippen LogP contribution is 2.23. The van der Waals surface area contributed by atoms with Gasteiger partial charge in [0, 0.05) is 26.2 Å². The van der Waals surface area contributed by atoms with E-state index in [9.17, 15) is 9.59 Å². The van der Waals surface area contributed by atoms with Gasteiger partial charge in [0.15, 0.2) is 0 Å². The summed E-state index contributed by atoms with van der Waals surface area (Å²) in [5, 5.41) is 3.91. The van der Waals surface area contributed by atoms with Gasteiger partial charge >= 0.3 is 0 Å². The number of benzene rings is 1. The van der Waals surface area contributed by atoms with Crippen LogP contribution < -0.4 is 4.74 Å². The van der Waals surface area contributed by atoms with E-state index < -0.39 is 0 Å². The normalized spacial score (nSPS) is 16.4. The van der Waals surface area contributed by atoms with Gasteiger partial charge in [-0.3, -0.25) is 9.59 Å². The van der Waals surface area contributed by atoms with Crippen molar-refractivity contribution in [1.29, 1.82) is 0 Å². The molecule has 0 spiro atoms. The van der Waals surface area contributed by atoms with Gasteiger partial charge in [-0.15, -0.1) is 0 Å². The zero-order valence-corrected chi connectivity index (χ0v) is 16.2. The number of aromatic nitrogens is 1. The maximum absolute atomic E-state index is 12.8. The van der Waals surface area contributed by atoms with Crippen molar-refractivity contribution in [1.82, 2.24) is 15.0 Å². The summed E-state index contributed by atoms with van der Waals surface area (Å²) in [5.41, 5.74) is 2.29. The molecule has 0 aliphatic carbocycles.